The van der Waals surface area contributed by atoms with Crippen molar-refractivity contribution in [2.24, 2.45) is 0 Å². The van der Waals surface area contributed by atoms with Crippen molar-refractivity contribution in [1.82, 2.24) is 9.29 Å². The van der Waals surface area contributed by atoms with Gasteiger partial charge in [-0.15, -0.1) is 0 Å². The fourth-order valence-electron chi connectivity index (χ4n) is 3.89. The van der Waals surface area contributed by atoms with Crippen LogP contribution in [0.3, 0.4) is 0 Å². The Balaban J connectivity index is 1.50. The molecular weight excluding hydrogens is 490 g/mol. The van der Waals surface area contributed by atoms with Crippen molar-refractivity contribution in [1.29, 1.82) is 0 Å². The number of rotatable bonds is 8. The minimum atomic E-state index is -3.54. The van der Waals surface area contributed by atoms with Gasteiger partial charge in [0.2, 0.25) is 21.7 Å². The second kappa shape index (κ2) is 10.6. The number of amides is 1. The largest absolute Gasteiger partial charge is 0.493 e. The predicted octanol–water partition coefficient (Wildman–Crippen LogP) is 4.15. The van der Waals surface area contributed by atoms with Gasteiger partial charge in [0.25, 0.3) is 0 Å². The number of methoxy groups -OCH3 is 3. The summed E-state index contributed by atoms with van der Waals surface area (Å²) in [5.74, 6) is 1.05. The van der Waals surface area contributed by atoms with Gasteiger partial charge in [-0.25, -0.2) is 13.4 Å². The van der Waals surface area contributed by atoms with Crippen LogP contribution in [0.4, 0.5) is 5.13 Å². The number of sulfonamides is 1. The Bertz CT molecular complexity index is 1340. The lowest BCUT2D eigenvalue weighted by molar-refractivity contribution is -0.111. The van der Waals surface area contributed by atoms with E-state index >= 15 is 0 Å². The Labute approximate surface area is 208 Å². The summed E-state index contributed by atoms with van der Waals surface area (Å²) in [6.45, 7) is 1.09. The number of carbonyl (C=O) groups is 1. The number of nitrogens with one attached hydrogen (secondary N) is 1. The molecule has 1 aliphatic rings. The third-order valence-electron chi connectivity index (χ3n) is 5.66. The molecule has 1 N–H and O–H groups in total. The van der Waals surface area contributed by atoms with Gasteiger partial charge < -0.3 is 14.2 Å². The van der Waals surface area contributed by atoms with Crippen LogP contribution in [0.1, 0.15) is 24.8 Å². The van der Waals surface area contributed by atoms with E-state index in [9.17, 15) is 13.2 Å². The Morgan fingerprint density at radius 1 is 1.03 bits per heavy atom. The van der Waals surface area contributed by atoms with Crippen LogP contribution in [0.15, 0.2) is 41.3 Å². The van der Waals surface area contributed by atoms with E-state index in [2.05, 4.69) is 10.3 Å². The average molecular weight is 518 g/mol. The molecule has 1 fully saturated rings. The molecule has 35 heavy (non-hydrogen) atoms. The Morgan fingerprint density at radius 2 is 1.71 bits per heavy atom. The van der Waals surface area contributed by atoms with Crippen LogP contribution in [-0.2, 0) is 14.8 Å². The van der Waals surface area contributed by atoms with E-state index in [1.54, 1.807) is 36.4 Å². The number of thiazole rings is 1. The molecule has 0 aliphatic carbocycles. The zero-order valence-corrected chi connectivity index (χ0v) is 21.4. The normalized spacial score (nSPS) is 14.8. The molecule has 2 aromatic carbocycles. The van der Waals surface area contributed by atoms with E-state index in [1.807, 2.05) is 0 Å². The van der Waals surface area contributed by atoms with Gasteiger partial charge in [0, 0.05) is 19.2 Å². The maximum atomic E-state index is 13.0. The summed E-state index contributed by atoms with van der Waals surface area (Å²) >= 11 is 1.22. The fourth-order valence-corrected chi connectivity index (χ4v) is 6.42. The van der Waals surface area contributed by atoms with Crippen molar-refractivity contribution in [3.8, 4) is 17.2 Å². The van der Waals surface area contributed by atoms with Gasteiger partial charge in [-0.2, -0.15) is 4.31 Å². The van der Waals surface area contributed by atoms with Gasteiger partial charge in [0.1, 0.15) is 0 Å². The molecule has 0 unspecified atom stereocenters. The number of carbonyl (C=O) groups excluding carboxylic acids is 1. The third kappa shape index (κ3) is 5.42. The first-order valence-electron chi connectivity index (χ1n) is 11.1. The van der Waals surface area contributed by atoms with E-state index in [-0.39, 0.29) is 10.8 Å². The fraction of sp³-hybridized carbons (Fsp3) is 0.333. The number of nitrogens with zero attached hydrogens (tertiary/aromatic N) is 2. The van der Waals surface area contributed by atoms with Crippen molar-refractivity contribution in [2.75, 3.05) is 39.7 Å². The highest BCUT2D eigenvalue weighted by molar-refractivity contribution is 7.89. The van der Waals surface area contributed by atoms with Crippen molar-refractivity contribution in [3.05, 3.63) is 42.0 Å². The summed E-state index contributed by atoms with van der Waals surface area (Å²) in [7, 11) is 1.03. The molecule has 1 amide bonds. The Morgan fingerprint density at radius 3 is 2.34 bits per heavy atom. The molecule has 186 valence electrons. The molecule has 0 atom stereocenters. The lowest BCUT2D eigenvalue weighted by Gasteiger charge is -2.25. The maximum absolute atomic E-state index is 13.0. The maximum Gasteiger partial charge on any atom is 0.250 e. The van der Waals surface area contributed by atoms with Crippen LogP contribution in [0, 0.1) is 0 Å². The van der Waals surface area contributed by atoms with E-state index in [1.165, 1.54) is 43.0 Å². The number of hydrogen-bond donors (Lipinski definition) is 1. The molecule has 0 bridgehead atoms. The highest BCUT2D eigenvalue weighted by atomic mass is 32.2. The topological polar surface area (TPSA) is 107 Å². The van der Waals surface area contributed by atoms with E-state index < -0.39 is 10.0 Å². The first-order chi connectivity index (χ1) is 16.8. The number of fused-ring (bicyclic) bond motifs is 1. The zero-order valence-electron chi connectivity index (χ0n) is 19.7. The summed E-state index contributed by atoms with van der Waals surface area (Å²) in [6, 6.07) is 8.32. The molecule has 1 saturated heterocycles. The first-order valence-corrected chi connectivity index (χ1v) is 13.3. The number of ether oxygens (including phenoxy) is 3. The Kier molecular flexibility index (Phi) is 7.58. The molecule has 0 saturated carbocycles. The molecule has 11 heteroatoms. The molecule has 2 heterocycles. The first kappa shape index (κ1) is 25.0. The SMILES string of the molecule is COc1cc(C=CC(=O)Nc2nc3ccc(S(=O)(=O)N4CCCCC4)cc3s2)cc(OC)c1OC. The van der Waals surface area contributed by atoms with Crippen LogP contribution in [0.25, 0.3) is 16.3 Å². The Hall–Kier alpha value is -3.15. The summed E-state index contributed by atoms with van der Waals surface area (Å²) in [6.07, 6.45) is 5.80. The summed E-state index contributed by atoms with van der Waals surface area (Å²) in [5, 5.41) is 3.12. The number of piperidine rings is 1. The summed E-state index contributed by atoms with van der Waals surface area (Å²) in [5.41, 5.74) is 1.31. The predicted molar refractivity (Wildman–Crippen MR) is 136 cm³/mol. The molecule has 9 nitrogen and oxygen atoms in total. The van der Waals surface area contributed by atoms with Crippen molar-refractivity contribution < 1.29 is 27.4 Å². The number of hydrogen-bond acceptors (Lipinski definition) is 8. The minimum Gasteiger partial charge on any atom is -0.493 e. The van der Waals surface area contributed by atoms with E-state index in [0.717, 1.165) is 19.3 Å². The monoisotopic (exact) mass is 517 g/mol. The standard InChI is InChI=1S/C24H27N3O6S2/c1-31-19-13-16(14-20(32-2)23(19)33-3)7-10-22(28)26-24-25-18-9-8-17(15-21(18)34-24)35(29,30)27-11-5-4-6-12-27/h7-10,13-15H,4-6,11-12H2,1-3H3,(H,25,26,28). The van der Waals surface area contributed by atoms with Crippen molar-refractivity contribution in [2.45, 2.75) is 24.2 Å². The quantitative estimate of drug-likeness (QED) is 0.447. The van der Waals surface area contributed by atoms with Crippen molar-refractivity contribution in [3.63, 3.8) is 0 Å². The second-order valence-electron chi connectivity index (χ2n) is 7.89. The number of benzene rings is 2. The zero-order chi connectivity index (χ0) is 25.0. The summed E-state index contributed by atoms with van der Waals surface area (Å²) < 4.78 is 44.1. The highest BCUT2D eigenvalue weighted by Gasteiger charge is 2.26. The second-order valence-corrected chi connectivity index (χ2v) is 10.9. The molecule has 3 aromatic rings. The number of aromatic nitrogens is 1. The van der Waals surface area contributed by atoms with E-state index in [4.69, 9.17) is 14.2 Å². The molecule has 4 rings (SSSR count). The van der Waals surface area contributed by atoms with Crippen LogP contribution in [0.2, 0.25) is 0 Å². The average Bonchev–Trinajstić information content (AvgIpc) is 3.28. The lowest BCUT2D eigenvalue weighted by atomic mass is 10.1. The molecule has 0 spiro atoms. The van der Waals surface area contributed by atoms with Crippen LogP contribution >= 0.6 is 11.3 Å². The van der Waals surface area contributed by atoms with Gasteiger partial charge in [0.05, 0.1) is 36.4 Å². The lowest BCUT2D eigenvalue weighted by Crippen LogP contribution is -2.35. The molecule has 1 aromatic heterocycles. The van der Waals surface area contributed by atoms with Crippen LogP contribution < -0.4 is 19.5 Å². The summed E-state index contributed by atoms with van der Waals surface area (Å²) in [4.78, 5) is 17.2. The van der Waals surface area contributed by atoms with Crippen molar-refractivity contribution >= 4 is 48.7 Å². The smallest absolute Gasteiger partial charge is 0.250 e. The van der Waals surface area contributed by atoms with Gasteiger partial charge in [-0.1, -0.05) is 17.8 Å². The van der Waals surface area contributed by atoms with E-state index in [0.29, 0.717) is 51.2 Å². The van der Waals surface area contributed by atoms with Crippen LogP contribution in [0.5, 0.6) is 17.2 Å². The number of anilines is 1. The highest BCUT2D eigenvalue weighted by Crippen LogP contribution is 2.38. The molecular formula is C24H27N3O6S2. The van der Waals surface area contributed by atoms with Gasteiger partial charge in [-0.3, -0.25) is 10.1 Å². The molecule has 0 radical (unpaired) electrons. The van der Waals surface area contributed by atoms with Gasteiger partial charge in [0.15, 0.2) is 16.6 Å². The minimum absolute atomic E-state index is 0.246. The van der Waals surface area contributed by atoms with Gasteiger partial charge in [-0.05, 0) is 54.8 Å². The van der Waals surface area contributed by atoms with Gasteiger partial charge >= 0.3 is 0 Å². The van der Waals surface area contributed by atoms with Crippen LogP contribution in [-0.4, -0.2) is 58.0 Å². The molecule has 1 aliphatic heterocycles. The third-order valence-corrected chi connectivity index (χ3v) is 8.49.